The van der Waals surface area contributed by atoms with Crippen LogP contribution < -0.4 is 0 Å². The van der Waals surface area contributed by atoms with Gasteiger partial charge in [-0.15, -0.1) is 11.3 Å². The predicted octanol–water partition coefficient (Wildman–Crippen LogP) is 3.30. The molecule has 0 radical (unpaired) electrons. The summed E-state index contributed by atoms with van der Waals surface area (Å²) in [6.07, 6.45) is -0.615. The lowest BCUT2D eigenvalue weighted by Gasteiger charge is -1.97. The molecule has 20 heavy (non-hydrogen) atoms. The molecule has 0 unspecified atom stereocenters. The van der Waals surface area contributed by atoms with E-state index < -0.39 is 24.0 Å². The first-order valence-electron chi connectivity index (χ1n) is 5.62. The van der Waals surface area contributed by atoms with Gasteiger partial charge in [0.05, 0.1) is 11.3 Å². The van der Waals surface area contributed by atoms with Gasteiger partial charge in [0.2, 0.25) is 5.78 Å². The number of carbonyl (C=O) groups is 3. The summed E-state index contributed by atoms with van der Waals surface area (Å²) in [5, 5.41) is 9.10. The number of thiophene rings is 1. The van der Waals surface area contributed by atoms with Crippen LogP contribution >= 0.6 is 22.9 Å². The third-order valence-corrected chi connectivity index (χ3v) is 4.00. The Morgan fingerprint density at radius 2 is 1.70 bits per heavy atom. The van der Waals surface area contributed by atoms with Crippen LogP contribution in [0.5, 0.6) is 0 Å². The number of carbonyl (C=O) groups excluding carboxylic acids is 2. The molecule has 1 aromatic carbocycles. The first kappa shape index (κ1) is 14.4. The van der Waals surface area contributed by atoms with E-state index in [-0.39, 0.29) is 0 Å². The van der Waals surface area contributed by atoms with Gasteiger partial charge in [0.1, 0.15) is 0 Å². The van der Waals surface area contributed by atoms with Crippen LogP contribution in [0.15, 0.2) is 36.4 Å². The quantitative estimate of drug-likeness (QED) is 0.522. The zero-order valence-electron chi connectivity index (χ0n) is 10.1. The molecule has 0 aliphatic carbocycles. The standard InChI is InChI=1S/C14H9ClO4S/c15-9-3-1-8(2-4-9)12-5-6-13(20-12)10(16)7-11(17)14(18)19/h1-6H,7H2,(H,18,19). The van der Waals surface area contributed by atoms with Gasteiger partial charge in [-0.2, -0.15) is 0 Å². The Labute approximate surface area is 123 Å². The second-order valence-corrected chi connectivity index (χ2v) is 5.52. The van der Waals surface area contributed by atoms with Crippen LogP contribution in [-0.4, -0.2) is 22.6 Å². The van der Waals surface area contributed by atoms with Crippen molar-refractivity contribution < 1.29 is 19.5 Å². The van der Waals surface area contributed by atoms with Crippen molar-refractivity contribution in [2.24, 2.45) is 0 Å². The van der Waals surface area contributed by atoms with Crippen molar-refractivity contribution in [3.05, 3.63) is 46.3 Å². The summed E-state index contributed by atoms with van der Waals surface area (Å²) in [5.74, 6) is -3.17. The maximum absolute atomic E-state index is 11.8. The third-order valence-electron chi connectivity index (χ3n) is 2.57. The molecule has 0 aliphatic heterocycles. The van der Waals surface area contributed by atoms with Crippen molar-refractivity contribution in [2.45, 2.75) is 6.42 Å². The van der Waals surface area contributed by atoms with E-state index in [1.165, 1.54) is 11.3 Å². The minimum atomic E-state index is -1.59. The Kier molecular flexibility index (Phi) is 4.32. The fourth-order valence-corrected chi connectivity index (χ4v) is 2.64. The number of aliphatic carboxylic acids is 1. The van der Waals surface area contributed by atoms with Crippen LogP contribution in [0.3, 0.4) is 0 Å². The van der Waals surface area contributed by atoms with Gasteiger partial charge in [-0.25, -0.2) is 4.79 Å². The number of halogens is 1. The van der Waals surface area contributed by atoms with Gasteiger partial charge in [0, 0.05) is 9.90 Å². The van der Waals surface area contributed by atoms with Crippen LogP contribution in [0.4, 0.5) is 0 Å². The summed E-state index contributed by atoms with van der Waals surface area (Å²) in [5.41, 5.74) is 0.906. The van der Waals surface area contributed by atoms with Gasteiger partial charge >= 0.3 is 5.97 Å². The Bertz CT molecular complexity index is 673. The molecular weight excluding hydrogens is 300 g/mol. The Morgan fingerprint density at radius 1 is 1.05 bits per heavy atom. The average molecular weight is 309 g/mol. The molecule has 1 N–H and O–H groups in total. The minimum Gasteiger partial charge on any atom is -0.475 e. The van der Waals surface area contributed by atoms with Gasteiger partial charge in [-0.05, 0) is 29.8 Å². The van der Waals surface area contributed by atoms with E-state index in [1.807, 2.05) is 12.1 Å². The van der Waals surface area contributed by atoms with Crippen LogP contribution in [0.25, 0.3) is 10.4 Å². The number of carboxylic acids is 1. The molecular formula is C14H9ClO4S. The van der Waals surface area contributed by atoms with Gasteiger partial charge in [0.15, 0.2) is 5.78 Å². The maximum atomic E-state index is 11.8. The predicted molar refractivity (Wildman–Crippen MR) is 76.4 cm³/mol. The molecule has 0 amide bonds. The number of rotatable bonds is 5. The van der Waals surface area contributed by atoms with E-state index >= 15 is 0 Å². The summed E-state index contributed by atoms with van der Waals surface area (Å²) in [6.45, 7) is 0. The Morgan fingerprint density at radius 3 is 2.30 bits per heavy atom. The van der Waals surface area contributed by atoms with Crippen molar-refractivity contribution in [2.75, 3.05) is 0 Å². The zero-order valence-corrected chi connectivity index (χ0v) is 11.7. The van der Waals surface area contributed by atoms with Crippen LogP contribution in [0, 0.1) is 0 Å². The second kappa shape index (κ2) is 5.98. The number of hydrogen-bond donors (Lipinski definition) is 1. The summed E-state index contributed by atoms with van der Waals surface area (Å²) in [7, 11) is 0. The first-order valence-corrected chi connectivity index (χ1v) is 6.82. The fraction of sp³-hybridized carbons (Fsp3) is 0.0714. The van der Waals surface area contributed by atoms with Crippen molar-refractivity contribution in [1.29, 1.82) is 0 Å². The third kappa shape index (κ3) is 3.31. The molecule has 1 heterocycles. The number of Topliss-reactive ketones (excluding diaryl/α,β-unsaturated/α-hetero) is 2. The van der Waals surface area contributed by atoms with E-state index in [1.54, 1.807) is 24.3 Å². The maximum Gasteiger partial charge on any atom is 0.372 e. The van der Waals surface area contributed by atoms with Gasteiger partial charge in [-0.1, -0.05) is 23.7 Å². The molecule has 0 aliphatic rings. The lowest BCUT2D eigenvalue weighted by atomic mass is 10.1. The molecule has 0 saturated carbocycles. The molecule has 6 heteroatoms. The van der Waals surface area contributed by atoms with Crippen molar-refractivity contribution in [1.82, 2.24) is 0 Å². The van der Waals surface area contributed by atoms with Gasteiger partial charge in [-0.3, -0.25) is 9.59 Å². The SMILES string of the molecule is O=C(O)C(=O)CC(=O)c1ccc(-c2ccc(Cl)cc2)s1. The molecule has 0 fully saturated rings. The molecule has 1 aromatic heterocycles. The molecule has 0 atom stereocenters. The van der Waals surface area contributed by atoms with Crippen LogP contribution in [0.2, 0.25) is 5.02 Å². The Hall–Kier alpha value is -1.98. The number of hydrogen-bond acceptors (Lipinski definition) is 4. The molecule has 0 saturated heterocycles. The highest BCUT2D eigenvalue weighted by atomic mass is 35.5. The average Bonchev–Trinajstić information content (AvgIpc) is 2.89. The van der Waals surface area contributed by atoms with Crippen molar-refractivity contribution in [3.8, 4) is 10.4 Å². The van der Waals surface area contributed by atoms with Crippen LogP contribution in [0.1, 0.15) is 16.1 Å². The molecule has 2 aromatic rings. The van der Waals surface area contributed by atoms with Crippen molar-refractivity contribution in [3.63, 3.8) is 0 Å². The molecule has 4 nitrogen and oxygen atoms in total. The van der Waals surface area contributed by atoms with E-state index in [0.29, 0.717) is 9.90 Å². The van der Waals surface area contributed by atoms with Crippen molar-refractivity contribution >= 4 is 40.5 Å². The molecule has 2 rings (SSSR count). The van der Waals surface area contributed by atoms with E-state index in [9.17, 15) is 14.4 Å². The Balaban J connectivity index is 2.16. The largest absolute Gasteiger partial charge is 0.475 e. The lowest BCUT2D eigenvalue weighted by Crippen LogP contribution is -2.16. The first-order chi connectivity index (χ1) is 9.47. The highest BCUT2D eigenvalue weighted by molar-refractivity contribution is 7.17. The highest BCUT2D eigenvalue weighted by Gasteiger charge is 2.19. The smallest absolute Gasteiger partial charge is 0.372 e. The van der Waals surface area contributed by atoms with Gasteiger partial charge in [0.25, 0.3) is 0 Å². The number of carboxylic acid groups (broad SMARTS) is 1. The van der Waals surface area contributed by atoms with Gasteiger partial charge < -0.3 is 5.11 Å². The summed E-state index contributed by atoms with van der Waals surface area (Å²) in [6, 6.07) is 10.5. The molecule has 0 bridgehead atoms. The van der Waals surface area contributed by atoms with E-state index in [0.717, 1.165) is 10.4 Å². The second-order valence-electron chi connectivity index (χ2n) is 4.00. The number of ketones is 2. The van der Waals surface area contributed by atoms with E-state index in [2.05, 4.69) is 0 Å². The fourth-order valence-electron chi connectivity index (χ4n) is 1.57. The minimum absolute atomic E-state index is 0.365. The van der Waals surface area contributed by atoms with E-state index in [4.69, 9.17) is 16.7 Å². The summed E-state index contributed by atoms with van der Waals surface area (Å²) < 4.78 is 0. The summed E-state index contributed by atoms with van der Waals surface area (Å²) >= 11 is 7.01. The number of benzene rings is 1. The topological polar surface area (TPSA) is 71.4 Å². The highest BCUT2D eigenvalue weighted by Crippen LogP contribution is 2.29. The molecule has 0 spiro atoms. The zero-order chi connectivity index (χ0) is 14.7. The lowest BCUT2D eigenvalue weighted by molar-refractivity contribution is -0.148. The molecule has 102 valence electrons. The normalized spacial score (nSPS) is 10.2. The monoisotopic (exact) mass is 308 g/mol. The summed E-state index contributed by atoms with van der Waals surface area (Å²) in [4.78, 5) is 34.4. The van der Waals surface area contributed by atoms with Crippen LogP contribution in [-0.2, 0) is 9.59 Å².